The number of likely N-dealkylation sites (tertiary alicyclic amines) is 1. The fourth-order valence-corrected chi connectivity index (χ4v) is 5.25. The van der Waals surface area contributed by atoms with Crippen LogP contribution in [-0.4, -0.2) is 77.4 Å². The molecule has 1 aromatic heterocycles. The lowest BCUT2D eigenvalue weighted by atomic mass is 10.0. The molecule has 0 saturated carbocycles. The van der Waals surface area contributed by atoms with E-state index in [2.05, 4.69) is 9.97 Å². The Bertz CT molecular complexity index is 1110. The second kappa shape index (κ2) is 12.7. The van der Waals surface area contributed by atoms with E-state index in [0.29, 0.717) is 39.1 Å². The number of aliphatic hydroxyl groups is 1. The number of rotatable bonds is 9. The molecule has 0 amide bonds. The number of aromatic nitrogens is 2. The predicted octanol–water partition coefficient (Wildman–Crippen LogP) is 4.91. The van der Waals surface area contributed by atoms with Gasteiger partial charge in [0, 0.05) is 38.3 Å². The van der Waals surface area contributed by atoms with Crippen LogP contribution in [0.3, 0.4) is 0 Å². The number of nitrogens with zero attached hydrogens (tertiary/aromatic N) is 5. The van der Waals surface area contributed by atoms with E-state index >= 15 is 0 Å². The number of morpholine rings is 1. The predicted molar refractivity (Wildman–Crippen MR) is 139 cm³/mol. The fraction of sp³-hybridized carbons (Fsp3) is 0.630. The van der Waals surface area contributed by atoms with Crippen molar-refractivity contribution < 1.29 is 40.9 Å². The molecule has 2 aliphatic heterocycles. The Morgan fingerprint density at radius 2 is 1.61 bits per heavy atom. The molecule has 1 N–H and O–H groups in total. The van der Waals surface area contributed by atoms with Gasteiger partial charge in [-0.3, -0.25) is 4.90 Å². The summed E-state index contributed by atoms with van der Waals surface area (Å²) in [4.78, 5) is 14.4. The quantitative estimate of drug-likeness (QED) is 0.326. The van der Waals surface area contributed by atoms with Crippen molar-refractivity contribution in [2.45, 2.75) is 77.1 Å². The van der Waals surface area contributed by atoms with E-state index in [1.807, 2.05) is 11.8 Å². The van der Waals surface area contributed by atoms with Crippen molar-refractivity contribution in [3.8, 4) is 0 Å². The first-order valence-electron chi connectivity index (χ1n) is 13.5. The van der Waals surface area contributed by atoms with Gasteiger partial charge in [-0.2, -0.15) is 26.3 Å². The highest BCUT2D eigenvalue weighted by Gasteiger charge is 2.41. The number of alkyl halides is 6. The Kier molecular flexibility index (Phi) is 9.66. The van der Waals surface area contributed by atoms with E-state index in [-0.39, 0.29) is 42.8 Å². The summed E-state index contributed by atoms with van der Waals surface area (Å²) in [7, 11) is 0. The maximum atomic E-state index is 13.6. The molecule has 2 aliphatic rings. The lowest BCUT2D eigenvalue weighted by Gasteiger charge is -2.32. The molecule has 1 aromatic carbocycles. The van der Waals surface area contributed by atoms with E-state index in [1.165, 1.54) is 0 Å². The average molecular weight is 592 g/mol. The van der Waals surface area contributed by atoms with Gasteiger partial charge in [0.1, 0.15) is 0 Å². The standard InChI is InChI=1S/C27H35F6N5O3/c1-4-21-12-22(16-38(21)25(39)41-17(2)3)37(24-34-13-23(14-35-24)36-5-7-40-8-6-36)15-18-9-19(26(28,29)30)11-20(10-18)27(31,32)33/h9-11,13-14,17,21-22,25,39H,4-8,12,15-16H2,1-3H3/t21-,22+,25?/m1/s1. The fourth-order valence-electron chi connectivity index (χ4n) is 5.25. The monoisotopic (exact) mass is 591 g/mol. The second-order valence-corrected chi connectivity index (χ2v) is 10.5. The molecule has 14 heteroatoms. The molecule has 2 fully saturated rings. The number of benzene rings is 1. The van der Waals surface area contributed by atoms with Gasteiger partial charge in [-0.25, -0.2) is 9.97 Å². The normalized spacial score (nSPS) is 21.5. The van der Waals surface area contributed by atoms with Crippen LogP contribution in [0, 0.1) is 0 Å². The SMILES string of the molecule is CC[C@@H]1C[C@H](N(Cc2cc(C(F)(F)F)cc(C(F)(F)F)c2)c2ncc(N3CCOCC3)cn2)CN1C(O)OC(C)C. The minimum atomic E-state index is -4.97. The van der Waals surface area contributed by atoms with Gasteiger partial charge in [-0.15, -0.1) is 0 Å². The highest BCUT2D eigenvalue weighted by molar-refractivity contribution is 5.47. The minimum Gasteiger partial charge on any atom is -0.378 e. The van der Waals surface area contributed by atoms with Gasteiger partial charge in [0.15, 0.2) is 0 Å². The summed E-state index contributed by atoms with van der Waals surface area (Å²) in [5, 5.41) is 10.7. The highest BCUT2D eigenvalue weighted by Crippen LogP contribution is 2.37. The largest absolute Gasteiger partial charge is 0.416 e. The molecule has 0 bridgehead atoms. The molecule has 0 radical (unpaired) electrons. The number of hydrogen-bond donors (Lipinski definition) is 1. The molecular formula is C27H35F6N5O3. The number of hydrogen-bond acceptors (Lipinski definition) is 8. The van der Waals surface area contributed by atoms with E-state index < -0.39 is 35.9 Å². The highest BCUT2D eigenvalue weighted by atomic mass is 19.4. The van der Waals surface area contributed by atoms with Crippen LogP contribution in [0.5, 0.6) is 0 Å². The lowest BCUT2D eigenvalue weighted by Crippen LogP contribution is -2.44. The van der Waals surface area contributed by atoms with Gasteiger partial charge in [0.2, 0.25) is 12.4 Å². The maximum Gasteiger partial charge on any atom is 0.416 e. The van der Waals surface area contributed by atoms with Crippen LogP contribution in [0.4, 0.5) is 38.0 Å². The van der Waals surface area contributed by atoms with Gasteiger partial charge < -0.3 is 24.4 Å². The molecule has 3 heterocycles. The molecule has 41 heavy (non-hydrogen) atoms. The van der Waals surface area contributed by atoms with Gasteiger partial charge in [-0.1, -0.05) is 6.92 Å². The van der Waals surface area contributed by atoms with Gasteiger partial charge in [-0.05, 0) is 50.5 Å². The maximum absolute atomic E-state index is 13.6. The summed E-state index contributed by atoms with van der Waals surface area (Å²) in [5.74, 6) is 0.161. The van der Waals surface area contributed by atoms with Crippen LogP contribution in [0.1, 0.15) is 50.3 Å². The molecule has 2 aromatic rings. The van der Waals surface area contributed by atoms with Crippen molar-refractivity contribution in [1.29, 1.82) is 0 Å². The van der Waals surface area contributed by atoms with E-state index in [9.17, 15) is 31.4 Å². The summed E-state index contributed by atoms with van der Waals surface area (Å²) in [6.45, 7) is 7.79. The van der Waals surface area contributed by atoms with Crippen molar-refractivity contribution in [3.05, 3.63) is 47.3 Å². The van der Waals surface area contributed by atoms with Crippen LogP contribution in [-0.2, 0) is 28.4 Å². The third-order valence-electron chi connectivity index (χ3n) is 7.28. The Morgan fingerprint density at radius 3 is 2.12 bits per heavy atom. The first-order valence-corrected chi connectivity index (χ1v) is 13.5. The van der Waals surface area contributed by atoms with E-state index in [1.54, 1.807) is 36.0 Å². The lowest BCUT2D eigenvalue weighted by molar-refractivity contribution is -0.215. The Hall–Kier alpha value is -2.68. The van der Waals surface area contributed by atoms with Gasteiger partial charge in [0.25, 0.3) is 0 Å². The number of aliphatic hydroxyl groups excluding tert-OH is 1. The summed E-state index contributed by atoms with van der Waals surface area (Å²) in [6.07, 6.45) is -7.12. The Balaban J connectivity index is 1.70. The summed E-state index contributed by atoms with van der Waals surface area (Å²) >= 11 is 0. The van der Waals surface area contributed by atoms with Crippen LogP contribution in [0.25, 0.3) is 0 Å². The third kappa shape index (κ3) is 7.79. The third-order valence-corrected chi connectivity index (χ3v) is 7.28. The summed E-state index contributed by atoms with van der Waals surface area (Å²) in [5.41, 5.74) is -2.22. The van der Waals surface area contributed by atoms with E-state index in [0.717, 1.165) is 17.8 Å². The first kappa shape index (κ1) is 31.3. The zero-order chi connectivity index (χ0) is 29.9. The molecule has 2 saturated heterocycles. The van der Waals surface area contributed by atoms with Crippen LogP contribution < -0.4 is 9.80 Å². The Labute approximate surface area is 234 Å². The smallest absolute Gasteiger partial charge is 0.378 e. The van der Waals surface area contributed by atoms with Crippen molar-refractivity contribution in [2.75, 3.05) is 42.6 Å². The first-order chi connectivity index (χ1) is 19.3. The van der Waals surface area contributed by atoms with Gasteiger partial charge in [0.05, 0.1) is 48.5 Å². The van der Waals surface area contributed by atoms with Crippen molar-refractivity contribution in [1.82, 2.24) is 14.9 Å². The zero-order valence-corrected chi connectivity index (χ0v) is 23.1. The summed E-state index contributed by atoms with van der Waals surface area (Å²) in [6, 6.07) is 1.00. The topological polar surface area (TPSA) is 74.2 Å². The zero-order valence-electron chi connectivity index (χ0n) is 23.1. The van der Waals surface area contributed by atoms with Gasteiger partial charge >= 0.3 is 12.4 Å². The Morgan fingerprint density at radius 1 is 1.02 bits per heavy atom. The summed E-state index contributed by atoms with van der Waals surface area (Å²) < 4.78 is 92.5. The van der Waals surface area contributed by atoms with Crippen LogP contribution in [0.2, 0.25) is 0 Å². The molecular weight excluding hydrogens is 556 g/mol. The minimum absolute atomic E-state index is 0.117. The van der Waals surface area contributed by atoms with Crippen molar-refractivity contribution in [2.24, 2.45) is 0 Å². The molecule has 228 valence electrons. The molecule has 8 nitrogen and oxygen atoms in total. The molecule has 1 unspecified atom stereocenters. The molecule has 0 aliphatic carbocycles. The molecule has 3 atom stereocenters. The van der Waals surface area contributed by atoms with Crippen molar-refractivity contribution >= 4 is 11.6 Å². The number of halogens is 6. The van der Waals surface area contributed by atoms with Crippen molar-refractivity contribution in [3.63, 3.8) is 0 Å². The molecule has 4 rings (SSSR count). The number of ether oxygens (including phenoxy) is 2. The number of anilines is 2. The van der Waals surface area contributed by atoms with E-state index in [4.69, 9.17) is 9.47 Å². The second-order valence-electron chi connectivity index (χ2n) is 10.5. The molecule has 0 spiro atoms. The van der Waals surface area contributed by atoms with Crippen LogP contribution in [0.15, 0.2) is 30.6 Å². The van der Waals surface area contributed by atoms with Crippen LogP contribution >= 0.6 is 0 Å². The average Bonchev–Trinajstić information content (AvgIpc) is 3.35.